The van der Waals surface area contributed by atoms with Gasteiger partial charge < -0.3 is 4.84 Å². The predicted octanol–water partition coefficient (Wildman–Crippen LogP) is 1.87. The Labute approximate surface area is 88.2 Å². The molecule has 0 aromatic heterocycles. The first kappa shape index (κ1) is 11.6. The quantitative estimate of drug-likeness (QED) is 0.771. The highest BCUT2D eigenvalue weighted by Crippen LogP contribution is 2.24. The van der Waals surface area contributed by atoms with E-state index in [-0.39, 0.29) is 11.0 Å². The van der Waals surface area contributed by atoms with Gasteiger partial charge in [0, 0.05) is 5.41 Å². The van der Waals surface area contributed by atoms with Crippen molar-refractivity contribution in [1.82, 2.24) is 0 Å². The Morgan fingerprint density at radius 2 is 2.20 bits per heavy atom. The lowest BCUT2D eigenvalue weighted by Gasteiger charge is -2.23. The van der Waals surface area contributed by atoms with Gasteiger partial charge in [0.25, 0.3) is 0 Å². The lowest BCUT2D eigenvalue weighted by molar-refractivity contribution is 0.0964. The topological polar surface area (TPSA) is 59.0 Å². The second kappa shape index (κ2) is 4.39. The molecule has 0 radical (unpaired) electrons. The molecule has 4 heteroatoms. The van der Waals surface area contributed by atoms with Gasteiger partial charge in [-0.15, -0.1) is 0 Å². The molecule has 0 unspecified atom stereocenters. The van der Waals surface area contributed by atoms with Crippen LogP contribution in [-0.2, 0) is 10.3 Å². The van der Waals surface area contributed by atoms with Crippen molar-refractivity contribution in [2.75, 3.05) is 6.61 Å². The molecule has 0 spiro atoms. The van der Waals surface area contributed by atoms with Gasteiger partial charge in [-0.2, -0.15) is 5.26 Å². The van der Waals surface area contributed by atoms with Gasteiger partial charge in [0.1, 0.15) is 11.9 Å². The van der Waals surface area contributed by atoms with Crippen LogP contribution in [0.2, 0.25) is 0 Å². The Hall–Kier alpha value is -1.44. The lowest BCUT2D eigenvalue weighted by atomic mass is 9.85. The van der Waals surface area contributed by atoms with Crippen LogP contribution in [0.3, 0.4) is 0 Å². The number of rotatable bonds is 3. The molecule has 0 heterocycles. The van der Waals surface area contributed by atoms with Crippen LogP contribution < -0.4 is 5.90 Å². The minimum absolute atomic E-state index is 0.0394. The van der Waals surface area contributed by atoms with E-state index in [0.717, 1.165) is 5.56 Å². The van der Waals surface area contributed by atoms with E-state index in [1.807, 2.05) is 13.8 Å². The smallest absolute Gasteiger partial charge is 0.140 e. The number of nitrogens with zero attached hydrogens (tertiary/aromatic N) is 1. The van der Waals surface area contributed by atoms with Crippen molar-refractivity contribution in [1.29, 1.82) is 5.26 Å². The van der Waals surface area contributed by atoms with Crippen LogP contribution in [0, 0.1) is 17.1 Å². The van der Waals surface area contributed by atoms with Crippen molar-refractivity contribution in [2.45, 2.75) is 19.3 Å². The van der Waals surface area contributed by atoms with Crippen molar-refractivity contribution in [3.8, 4) is 6.07 Å². The zero-order valence-electron chi connectivity index (χ0n) is 8.75. The number of halogens is 1. The molecule has 0 aliphatic carbocycles. The minimum atomic E-state index is -0.509. The van der Waals surface area contributed by atoms with Crippen molar-refractivity contribution in [2.24, 2.45) is 5.90 Å². The van der Waals surface area contributed by atoms with Crippen molar-refractivity contribution in [3.63, 3.8) is 0 Å². The first-order chi connectivity index (χ1) is 7.01. The molecule has 1 rings (SSSR count). The molecule has 80 valence electrons. The summed E-state index contributed by atoms with van der Waals surface area (Å²) in [5.74, 6) is 4.50. The van der Waals surface area contributed by atoms with Crippen LogP contribution in [0.1, 0.15) is 25.0 Å². The van der Waals surface area contributed by atoms with Gasteiger partial charge in [-0.05, 0) is 17.7 Å². The van der Waals surface area contributed by atoms with Crippen LogP contribution in [0.4, 0.5) is 4.39 Å². The van der Waals surface area contributed by atoms with E-state index in [0.29, 0.717) is 6.61 Å². The standard InChI is InChI=1S/C11H13FN2O/c1-11(2,7-15-14)9-3-4-10(12)8(5-9)6-13/h3-5H,7,14H2,1-2H3. The van der Waals surface area contributed by atoms with Gasteiger partial charge in [-0.25, -0.2) is 10.3 Å². The minimum Gasteiger partial charge on any atom is -0.304 e. The first-order valence-corrected chi connectivity index (χ1v) is 4.53. The lowest BCUT2D eigenvalue weighted by Crippen LogP contribution is -2.26. The summed E-state index contributed by atoms with van der Waals surface area (Å²) in [4.78, 5) is 4.59. The second-order valence-corrected chi connectivity index (χ2v) is 4.00. The highest BCUT2D eigenvalue weighted by atomic mass is 19.1. The monoisotopic (exact) mass is 208 g/mol. The fraction of sp³-hybridized carbons (Fsp3) is 0.364. The van der Waals surface area contributed by atoms with E-state index in [4.69, 9.17) is 11.2 Å². The average Bonchev–Trinajstić information content (AvgIpc) is 2.18. The van der Waals surface area contributed by atoms with E-state index in [9.17, 15) is 4.39 Å². The molecule has 0 amide bonds. The molecular formula is C11H13FN2O. The van der Waals surface area contributed by atoms with Crippen LogP contribution in [-0.4, -0.2) is 6.61 Å². The first-order valence-electron chi connectivity index (χ1n) is 4.53. The van der Waals surface area contributed by atoms with Crippen molar-refractivity contribution < 1.29 is 9.23 Å². The normalized spacial score (nSPS) is 11.1. The zero-order valence-corrected chi connectivity index (χ0v) is 8.75. The van der Waals surface area contributed by atoms with Crippen LogP contribution in [0.15, 0.2) is 18.2 Å². The van der Waals surface area contributed by atoms with E-state index >= 15 is 0 Å². The Kier molecular flexibility index (Phi) is 3.40. The summed E-state index contributed by atoms with van der Waals surface area (Å²) >= 11 is 0. The molecule has 0 aliphatic heterocycles. The highest BCUT2D eigenvalue weighted by molar-refractivity contribution is 5.37. The Morgan fingerprint density at radius 3 is 2.73 bits per heavy atom. The average molecular weight is 208 g/mol. The molecule has 3 nitrogen and oxygen atoms in total. The summed E-state index contributed by atoms with van der Waals surface area (Å²) < 4.78 is 13.1. The van der Waals surface area contributed by atoms with Gasteiger partial charge in [0.05, 0.1) is 12.2 Å². The zero-order chi connectivity index (χ0) is 11.5. The fourth-order valence-electron chi connectivity index (χ4n) is 1.32. The molecule has 0 bridgehead atoms. The molecule has 0 atom stereocenters. The molecular weight excluding hydrogens is 195 g/mol. The van der Waals surface area contributed by atoms with Crippen LogP contribution in [0.25, 0.3) is 0 Å². The number of nitriles is 1. The van der Waals surface area contributed by atoms with Gasteiger partial charge in [-0.3, -0.25) is 0 Å². The highest BCUT2D eigenvalue weighted by Gasteiger charge is 2.21. The summed E-state index contributed by atoms with van der Waals surface area (Å²) in [6.07, 6.45) is 0. The SMILES string of the molecule is CC(C)(CON)c1ccc(F)c(C#N)c1. The molecule has 15 heavy (non-hydrogen) atoms. The van der Waals surface area contributed by atoms with Crippen LogP contribution in [0.5, 0.6) is 0 Å². The number of nitrogens with two attached hydrogens (primary N) is 1. The molecule has 0 saturated carbocycles. The summed E-state index contributed by atoms with van der Waals surface area (Å²) in [7, 11) is 0. The maximum atomic E-state index is 13.1. The Bertz CT molecular complexity index is 396. The van der Waals surface area contributed by atoms with Crippen molar-refractivity contribution >= 4 is 0 Å². The van der Waals surface area contributed by atoms with E-state index in [1.54, 1.807) is 12.1 Å². The summed E-state index contributed by atoms with van der Waals surface area (Å²) in [5.41, 5.74) is 0.525. The second-order valence-electron chi connectivity index (χ2n) is 4.00. The molecule has 0 saturated heterocycles. The number of hydrogen-bond acceptors (Lipinski definition) is 3. The van der Waals surface area contributed by atoms with Gasteiger partial charge >= 0.3 is 0 Å². The molecule has 1 aromatic carbocycles. The summed E-state index contributed by atoms with van der Waals surface area (Å²) in [5, 5.41) is 8.69. The van der Waals surface area contributed by atoms with Crippen molar-refractivity contribution in [3.05, 3.63) is 35.1 Å². The third kappa shape index (κ3) is 2.52. The molecule has 0 fully saturated rings. The fourth-order valence-corrected chi connectivity index (χ4v) is 1.32. The van der Waals surface area contributed by atoms with Gasteiger partial charge in [0.15, 0.2) is 0 Å². The maximum Gasteiger partial charge on any atom is 0.140 e. The van der Waals surface area contributed by atoms with Gasteiger partial charge in [0.2, 0.25) is 0 Å². The number of hydrogen-bond donors (Lipinski definition) is 1. The molecule has 0 aliphatic rings. The van der Waals surface area contributed by atoms with E-state index in [2.05, 4.69) is 4.84 Å². The third-order valence-electron chi connectivity index (χ3n) is 2.31. The van der Waals surface area contributed by atoms with Crippen LogP contribution >= 0.6 is 0 Å². The Balaban J connectivity index is 3.12. The van der Waals surface area contributed by atoms with E-state index < -0.39 is 5.82 Å². The largest absolute Gasteiger partial charge is 0.304 e. The maximum absolute atomic E-state index is 13.1. The van der Waals surface area contributed by atoms with Gasteiger partial charge in [-0.1, -0.05) is 19.9 Å². The van der Waals surface area contributed by atoms with E-state index in [1.165, 1.54) is 12.1 Å². The third-order valence-corrected chi connectivity index (χ3v) is 2.31. The Morgan fingerprint density at radius 1 is 1.53 bits per heavy atom. The summed E-state index contributed by atoms with van der Waals surface area (Å²) in [6.45, 7) is 4.13. The molecule has 1 aromatic rings. The predicted molar refractivity (Wildman–Crippen MR) is 54.3 cm³/mol. The summed E-state index contributed by atoms with van der Waals surface area (Å²) in [6, 6.07) is 6.24. The number of benzene rings is 1. The molecule has 2 N–H and O–H groups in total.